The average Bonchev–Trinajstić information content (AvgIpc) is 3.32. The van der Waals surface area contributed by atoms with Gasteiger partial charge in [-0.1, -0.05) is 35.9 Å². The first kappa shape index (κ1) is 21.0. The number of anilines is 1. The van der Waals surface area contributed by atoms with Crippen molar-refractivity contribution in [1.29, 1.82) is 0 Å². The summed E-state index contributed by atoms with van der Waals surface area (Å²) < 4.78 is 2.33. The topological polar surface area (TPSA) is 83.0 Å². The number of benzene rings is 2. The second-order valence-electron chi connectivity index (χ2n) is 7.79. The van der Waals surface area contributed by atoms with Crippen molar-refractivity contribution >= 4 is 29.7 Å². The zero-order valence-electron chi connectivity index (χ0n) is 17.4. The van der Waals surface area contributed by atoms with E-state index in [-0.39, 0.29) is 18.2 Å². The van der Waals surface area contributed by atoms with E-state index in [0.717, 1.165) is 41.2 Å². The number of H-pyrrole nitrogens is 1. The Bertz CT molecular complexity index is 1170. The largest absolute Gasteiger partial charge is 0.338 e. The molecule has 1 aliphatic heterocycles. The summed E-state index contributed by atoms with van der Waals surface area (Å²) >= 11 is 5.36. The lowest BCUT2D eigenvalue weighted by Crippen LogP contribution is -2.23. The van der Waals surface area contributed by atoms with E-state index in [1.54, 1.807) is 0 Å². The number of aromatic amines is 1. The van der Waals surface area contributed by atoms with Crippen LogP contribution in [0.3, 0.4) is 0 Å². The zero-order chi connectivity index (χ0) is 21.8. The van der Waals surface area contributed by atoms with Crippen molar-refractivity contribution in [3.8, 4) is 11.4 Å². The van der Waals surface area contributed by atoms with E-state index in [1.807, 2.05) is 64.9 Å². The molecule has 1 aromatic heterocycles. The number of aryl methyl sites for hydroxylation is 1. The second-order valence-corrected chi connectivity index (χ2v) is 8.18. The summed E-state index contributed by atoms with van der Waals surface area (Å²) in [7, 11) is 0. The summed E-state index contributed by atoms with van der Waals surface area (Å²) in [5.41, 5.74) is 3.82. The molecule has 3 aromatic rings. The lowest BCUT2D eigenvalue weighted by Gasteiger charge is -2.16. The molecule has 0 bridgehead atoms. The molecule has 31 heavy (non-hydrogen) atoms. The van der Waals surface area contributed by atoms with Gasteiger partial charge in [0.1, 0.15) is 0 Å². The number of carbonyl (C=O) groups excluding carboxylic acids is 2. The summed E-state index contributed by atoms with van der Waals surface area (Å²) in [5, 5.41) is 10.1. The molecule has 0 aliphatic carbocycles. The minimum Gasteiger partial charge on any atom is -0.338 e. The summed E-state index contributed by atoms with van der Waals surface area (Å²) in [6, 6.07) is 15.7. The van der Waals surface area contributed by atoms with Crippen molar-refractivity contribution in [2.45, 2.75) is 39.3 Å². The number of carbonyl (C=O) groups is 2. The molecule has 0 radical (unpaired) electrons. The normalized spacial score (nSPS) is 13.6. The van der Waals surface area contributed by atoms with Gasteiger partial charge in [-0.3, -0.25) is 19.3 Å². The molecular weight excluding hydrogens is 410 g/mol. The number of amides is 2. The third kappa shape index (κ3) is 5.08. The van der Waals surface area contributed by atoms with Crippen molar-refractivity contribution in [2.75, 3.05) is 11.9 Å². The highest BCUT2D eigenvalue weighted by Crippen LogP contribution is 2.20. The highest BCUT2D eigenvalue weighted by atomic mass is 32.1. The Morgan fingerprint density at radius 2 is 2.06 bits per heavy atom. The number of hydrogen-bond donors (Lipinski definition) is 2. The Kier molecular flexibility index (Phi) is 6.27. The fourth-order valence-electron chi connectivity index (χ4n) is 3.81. The highest BCUT2D eigenvalue weighted by molar-refractivity contribution is 7.71. The van der Waals surface area contributed by atoms with Gasteiger partial charge in [0.25, 0.3) is 0 Å². The lowest BCUT2D eigenvalue weighted by molar-refractivity contribution is -0.128. The van der Waals surface area contributed by atoms with Gasteiger partial charge in [0.05, 0.1) is 0 Å². The van der Waals surface area contributed by atoms with Gasteiger partial charge in [-0.05, 0) is 49.3 Å². The van der Waals surface area contributed by atoms with Crippen LogP contribution in [-0.4, -0.2) is 38.0 Å². The molecule has 1 aliphatic rings. The molecule has 8 heteroatoms. The van der Waals surface area contributed by atoms with Crippen LogP contribution in [0.25, 0.3) is 11.4 Å². The number of nitrogens with zero attached hydrogens (tertiary/aromatic N) is 3. The van der Waals surface area contributed by atoms with E-state index in [9.17, 15) is 9.59 Å². The molecule has 160 valence electrons. The molecule has 7 nitrogen and oxygen atoms in total. The minimum atomic E-state index is -0.104. The van der Waals surface area contributed by atoms with Crippen LogP contribution in [-0.2, 0) is 22.7 Å². The summed E-state index contributed by atoms with van der Waals surface area (Å²) in [6.45, 7) is 3.82. The highest BCUT2D eigenvalue weighted by Gasteiger charge is 2.20. The Labute approximate surface area is 186 Å². The molecule has 1 fully saturated rings. The summed E-state index contributed by atoms with van der Waals surface area (Å²) in [6.07, 6.45) is 1.80. The van der Waals surface area contributed by atoms with Crippen molar-refractivity contribution in [2.24, 2.45) is 0 Å². The van der Waals surface area contributed by atoms with Gasteiger partial charge < -0.3 is 10.2 Å². The summed E-state index contributed by atoms with van der Waals surface area (Å²) in [5.74, 6) is 0.808. The van der Waals surface area contributed by atoms with Gasteiger partial charge in [0.2, 0.25) is 11.8 Å². The second kappa shape index (κ2) is 9.26. The van der Waals surface area contributed by atoms with E-state index in [2.05, 4.69) is 15.5 Å². The lowest BCUT2D eigenvalue weighted by atomic mass is 10.1. The van der Waals surface area contributed by atoms with Crippen molar-refractivity contribution in [3.05, 3.63) is 64.4 Å². The molecule has 2 aromatic carbocycles. The fraction of sp³-hybridized carbons (Fsp3) is 0.304. The van der Waals surface area contributed by atoms with Crippen LogP contribution in [0.5, 0.6) is 0 Å². The van der Waals surface area contributed by atoms with Gasteiger partial charge in [-0.2, -0.15) is 5.10 Å². The predicted molar refractivity (Wildman–Crippen MR) is 122 cm³/mol. The maximum atomic E-state index is 12.6. The van der Waals surface area contributed by atoms with Gasteiger partial charge in [-0.25, -0.2) is 0 Å². The first-order chi connectivity index (χ1) is 15.0. The smallest absolute Gasteiger partial charge is 0.226 e. The van der Waals surface area contributed by atoms with E-state index in [0.29, 0.717) is 24.3 Å². The monoisotopic (exact) mass is 435 g/mol. The zero-order valence-corrected chi connectivity index (χ0v) is 18.2. The molecule has 0 atom stereocenters. The van der Waals surface area contributed by atoms with E-state index < -0.39 is 0 Å². The maximum Gasteiger partial charge on any atom is 0.226 e. The molecule has 0 unspecified atom stereocenters. The van der Waals surface area contributed by atoms with Gasteiger partial charge in [0, 0.05) is 43.7 Å². The third-order valence-corrected chi connectivity index (χ3v) is 5.66. The van der Waals surface area contributed by atoms with Crippen LogP contribution in [0.2, 0.25) is 0 Å². The van der Waals surface area contributed by atoms with Crippen LogP contribution < -0.4 is 5.32 Å². The van der Waals surface area contributed by atoms with Crippen molar-refractivity contribution in [1.82, 2.24) is 19.7 Å². The van der Waals surface area contributed by atoms with Crippen LogP contribution in [0.1, 0.15) is 30.4 Å². The molecule has 2 amide bonds. The Balaban J connectivity index is 1.39. The van der Waals surface area contributed by atoms with E-state index >= 15 is 0 Å². The Hall–Kier alpha value is -3.26. The molecule has 0 saturated carbocycles. The van der Waals surface area contributed by atoms with Gasteiger partial charge in [-0.15, -0.1) is 0 Å². The van der Waals surface area contributed by atoms with Crippen LogP contribution in [0.4, 0.5) is 5.69 Å². The van der Waals surface area contributed by atoms with Crippen molar-refractivity contribution in [3.63, 3.8) is 0 Å². The number of rotatable bonds is 7. The number of likely N-dealkylation sites (tertiary alicyclic amines) is 1. The molecule has 2 heterocycles. The number of aromatic nitrogens is 3. The molecule has 4 rings (SSSR count). The molecule has 2 N–H and O–H groups in total. The third-order valence-electron chi connectivity index (χ3n) is 5.35. The Morgan fingerprint density at radius 1 is 1.23 bits per heavy atom. The number of nitrogens with one attached hydrogen (secondary N) is 2. The van der Waals surface area contributed by atoms with Gasteiger partial charge in [0.15, 0.2) is 10.6 Å². The van der Waals surface area contributed by atoms with Gasteiger partial charge >= 0.3 is 0 Å². The molecule has 1 saturated heterocycles. The van der Waals surface area contributed by atoms with Crippen LogP contribution in [0.15, 0.2) is 48.5 Å². The molecule has 0 spiro atoms. The molecular formula is C23H25N5O2S. The SMILES string of the molecule is Cc1cccc(-c2n[nH]c(=S)n2CCC(=O)Nc2cccc(CN3CCCC3=O)c2)c1. The predicted octanol–water partition coefficient (Wildman–Crippen LogP) is 4.07. The fourth-order valence-corrected chi connectivity index (χ4v) is 4.03. The summed E-state index contributed by atoms with van der Waals surface area (Å²) in [4.78, 5) is 26.3. The quantitative estimate of drug-likeness (QED) is 0.548. The maximum absolute atomic E-state index is 12.6. The van der Waals surface area contributed by atoms with Crippen LogP contribution >= 0.6 is 12.2 Å². The van der Waals surface area contributed by atoms with E-state index in [4.69, 9.17) is 12.2 Å². The van der Waals surface area contributed by atoms with Crippen LogP contribution in [0, 0.1) is 11.7 Å². The van der Waals surface area contributed by atoms with E-state index in [1.165, 1.54) is 0 Å². The number of hydrogen-bond acceptors (Lipinski definition) is 4. The average molecular weight is 436 g/mol. The first-order valence-electron chi connectivity index (χ1n) is 10.4. The Morgan fingerprint density at radius 3 is 2.84 bits per heavy atom. The van der Waals surface area contributed by atoms with Crippen molar-refractivity contribution < 1.29 is 9.59 Å². The first-order valence-corrected chi connectivity index (χ1v) is 10.8. The minimum absolute atomic E-state index is 0.104. The standard InChI is InChI=1S/C23H25N5O2S/c1-16-5-2-7-18(13-16)22-25-26-23(31)28(22)12-10-20(29)24-19-8-3-6-17(14-19)15-27-11-4-9-21(27)30/h2-3,5-8,13-14H,4,9-12,15H2,1H3,(H,24,29)(H,26,31).